The number of nitrogens with two attached hydrogens (primary N) is 1. The Kier molecular flexibility index (Phi) is 4.37. The molecular weight excluding hydrogens is 256 g/mol. The summed E-state index contributed by atoms with van der Waals surface area (Å²) in [5, 5.41) is 3.36. The normalized spacial score (nSPS) is 10.7. The number of nitrogen functional groups attached to an aromatic ring is 1. The lowest BCUT2D eigenvalue weighted by atomic mass is 10.3. The minimum Gasteiger partial charge on any atom is -0.383 e. The van der Waals surface area contributed by atoms with Gasteiger partial charge in [-0.3, -0.25) is 0 Å². The van der Waals surface area contributed by atoms with E-state index in [9.17, 15) is 0 Å². The van der Waals surface area contributed by atoms with Crippen molar-refractivity contribution < 1.29 is 0 Å². The van der Waals surface area contributed by atoms with Crippen LogP contribution in [0.15, 0.2) is 12.1 Å². The Morgan fingerprint density at radius 1 is 1.16 bits per heavy atom. The highest BCUT2D eigenvalue weighted by Gasteiger charge is 2.08. The summed E-state index contributed by atoms with van der Waals surface area (Å²) in [7, 11) is 0. The highest BCUT2D eigenvalue weighted by atomic mass is 32.1. The molecule has 0 spiro atoms. The molecule has 2 rings (SSSR count). The maximum atomic E-state index is 5.90. The van der Waals surface area contributed by atoms with Gasteiger partial charge in [0, 0.05) is 21.7 Å². The summed E-state index contributed by atoms with van der Waals surface area (Å²) in [6.07, 6.45) is 1.88. The van der Waals surface area contributed by atoms with Crippen molar-refractivity contribution in [2.24, 2.45) is 0 Å². The van der Waals surface area contributed by atoms with Crippen LogP contribution in [0.4, 0.5) is 11.6 Å². The van der Waals surface area contributed by atoms with Gasteiger partial charge in [-0.25, -0.2) is 9.97 Å². The quantitative estimate of drug-likeness (QED) is 0.880. The van der Waals surface area contributed by atoms with E-state index in [-0.39, 0.29) is 0 Å². The van der Waals surface area contributed by atoms with E-state index in [0.29, 0.717) is 5.82 Å². The van der Waals surface area contributed by atoms with E-state index in [2.05, 4.69) is 34.3 Å². The zero-order chi connectivity index (χ0) is 13.8. The lowest BCUT2D eigenvalue weighted by molar-refractivity contribution is 0.930. The maximum absolute atomic E-state index is 5.90. The number of hydrogen-bond acceptors (Lipinski definition) is 5. The molecule has 0 bridgehead atoms. The molecule has 0 saturated heterocycles. The van der Waals surface area contributed by atoms with Crippen LogP contribution in [0.25, 0.3) is 0 Å². The van der Waals surface area contributed by atoms with Gasteiger partial charge >= 0.3 is 0 Å². The van der Waals surface area contributed by atoms with Crippen LogP contribution in [0.5, 0.6) is 0 Å². The first-order chi connectivity index (χ1) is 9.13. The second-order valence-corrected chi connectivity index (χ2v) is 5.68. The molecule has 4 nitrogen and oxygen atoms in total. The van der Waals surface area contributed by atoms with E-state index in [0.717, 1.165) is 36.6 Å². The second kappa shape index (κ2) is 6.02. The molecule has 0 aliphatic carbocycles. The van der Waals surface area contributed by atoms with Crippen molar-refractivity contribution in [2.75, 3.05) is 11.1 Å². The fourth-order valence-corrected chi connectivity index (χ4v) is 2.69. The van der Waals surface area contributed by atoms with Gasteiger partial charge in [0.1, 0.15) is 17.5 Å². The molecule has 0 aliphatic heterocycles. The highest BCUT2D eigenvalue weighted by Crippen LogP contribution is 2.21. The van der Waals surface area contributed by atoms with Gasteiger partial charge < -0.3 is 11.1 Å². The van der Waals surface area contributed by atoms with E-state index in [1.165, 1.54) is 9.75 Å². The Labute approximate surface area is 118 Å². The van der Waals surface area contributed by atoms with Crippen LogP contribution in [-0.4, -0.2) is 9.97 Å². The summed E-state index contributed by atoms with van der Waals surface area (Å²) in [5.41, 5.74) is 6.82. The molecule has 102 valence electrons. The Morgan fingerprint density at radius 2 is 1.89 bits per heavy atom. The van der Waals surface area contributed by atoms with Gasteiger partial charge in [0.2, 0.25) is 0 Å². The number of anilines is 2. The molecule has 0 amide bonds. The molecule has 0 radical (unpaired) electrons. The Balaban J connectivity index is 2.12. The molecule has 0 unspecified atom stereocenters. The predicted molar refractivity (Wildman–Crippen MR) is 81.6 cm³/mol. The fraction of sp³-hybridized carbons (Fsp3) is 0.429. The lowest BCUT2D eigenvalue weighted by Gasteiger charge is -2.10. The molecule has 0 saturated carbocycles. The van der Waals surface area contributed by atoms with Crippen molar-refractivity contribution in [2.45, 2.75) is 40.2 Å². The van der Waals surface area contributed by atoms with Gasteiger partial charge in [-0.1, -0.05) is 13.8 Å². The topological polar surface area (TPSA) is 63.8 Å². The molecule has 2 aromatic rings. The van der Waals surface area contributed by atoms with Crippen molar-refractivity contribution in [3.63, 3.8) is 0 Å². The number of thiophene rings is 1. The van der Waals surface area contributed by atoms with Crippen LogP contribution in [0, 0.1) is 6.92 Å². The number of nitrogens with zero attached hydrogens (tertiary/aromatic N) is 2. The van der Waals surface area contributed by atoms with Gasteiger partial charge in [-0.15, -0.1) is 11.3 Å². The zero-order valence-electron chi connectivity index (χ0n) is 11.7. The van der Waals surface area contributed by atoms with Gasteiger partial charge in [-0.05, 0) is 25.5 Å². The van der Waals surface area contributed by atoms with Crippen LogP contribution < -0.4 is 11.1 Å². The molecule has 0 fully saturated rings. The van der Waals surface area contributed by atoms with E-state index in [1.807, 2.05) is 25.2 Å². The Morgan fingerprint density at radius 3 is 2.53 bits per heavy atom. The second-order valence-electron chi connectivity index (χ2n) is 4.43. The minimum atomic E-state index is 0.565. The first-order valence-electron chi connectivity index (χ1n) is 6.58. The third-order valence-electron chi connectivity index (χ3n) is 3.04. The average molecular weight is 276 g/mol. The summed E-state index contributed by atoms with van der Waals surface area (Å²) in [6.45, 7) is 6.93. The molecular formula is C14H20N4S. The molecule has 19 heavy (non-hydrogen) atoms. The molecule has 0 atom stereocenters. The molecule has 0 aromatic carbocycles. The standard InChI is InChI=1S/C14H20N4S/c1-4-10-6-7-11(19-10)8-16-14-9(3)13(15)17-12(5-2)18-14/h6-7H,4-5,8H2,1-3H3,(H3,15,16,17,18). The number of aryl methyl sites for hydroxylation is 2. The fourth-order valence-electron chi connectivity index (χ4n) is 1.79. The van der Waals surface area contributed by atoms with Crippen LogP contribution in [0.1, 0.15) is 35.0 Å². The van der Waals surface area contributed by atoms with Gasteiger partial charge in [0.05, 0.1) is 6.54 Å². The number of hydrogen-bond donors (Lipinski definition) is 2. The Hall–Kier alpha value is -1.62. The van der Waals surface area contributed by atoms with Crippen LogP contribution >= 0.6 is 11.3 Å². The van der Waals surface area contributed by atoms with E-state index < -0.39 is 0 Å². The predicted octanol–water partition coefficient (Wildman–Crippen LogP) is 3.17. The molecule has 3 N–H and O–H groups in total. The van der Waals surface area contributed by atoms with Gasteiger partial charge in [0.25, 0.3) is 0 Å². The zero-order valence-corrected chi connectivity index (χ0v) is 12.5. The van der Waals surface area contributed by atoms with Crippen molar-refractivity contribution in [1.82, 2.24) is 9.97 Å². The van der Waals surface area contributed by atoms with Crippen molar-refractivity contribution >= 4 is 23.0 Å². The summed E-state index contributed by atoms with van der Waals surface area (Å²) in [5.74, 6) is 2.19. The number of rotatable bonds is 5. The van der Waals surface area contributed by atoms with Crippen molar-refractivity contribution in [3.05, 3.63) is 33.3 Å². The third-order valence-corrected chi connectivity index (χ3v) is 4.27. The summed E-state index contributed by atoms with van der Waals surface area (Å²) in [4.78, 5) is 11.5. The first kappa shape index (κ1) is 13.8. The van der Waals surface area contributed by atoms with Crippen LogP contribution in [0.2, 0.25) is 0 Å². The van der Waals surface area contributed by atoms with Crippen LogP contribution in [-0.2, 0) is 19.4 Å². The largest absolute Gasteiger partial charge is 0.383 e. The Bertz CT molecular complexity index is 563. The highest BCUT2D eigenvalue weighted by molar-refractivity contribution is 7.12. The average Bonchev–Trinajstić information content (AvgIpc) is 2.88. The molecule has 2 heterocycles. The smallest absolute Gasteiger partial charge is 0.135 e. The van der Waals surface area contributed by atoms with E-state index >= 15 is 0 Å². The first-order valence-corrected chi connectivity index (χ1v) is 7.40. The SMILES string of the molecule is CCc1nc(N)c(C)c(NCc2ccc(CC)s2)n1. The third kappa shape index (κ3) is 3.23. The molecule has 5 heteroatoms. The molecule has 0 aliphatic rings. The maximum Gasteiger partial charge on any atom is 0.135 e. The van der Waals surface area contributed by atoms with Crippen molar-refractivity contribution in [3.8, 4) is 0 Å². The summed E-state index contributed by atoms with van der Waals surface area (Å²) >= 11 is 1.83. The van der Waals surface area contributed by atoms with Crippen molar-refractivity contribution in [1.29, 1.82) is 0 Å². The summed E-state index contributed by atoms with van der Waals surface area (Å²) in [6, 6.07) is 4.34. The lowest BCUT2D eigenvalue weighted by Crippen LogP contribution is -2.08. The van der Waals surface area contributed by atoms with Gasteiger partial charge in [-0.2, -0.15) is 0 Å². The van der Waals surface area contributed by atoms with Crippen LogP contribution in [0.3, 0.4) is 0 Å². The number of aromatic nitrogens is 2. The molecule has 2 aromatic heterocycles. The van der Waals surface area contributed by atoms with Gasteiger partial charge in [0.15, 0.2) is 0 Å². The van der Waals surface area contributed by atoms with E-state index in [4.69, 9.17) is 5.73 Å². The number of nitrogens with one attached hydrogen (secondary N) is 1. The minimum absolute atomic E-state index is 0.565. The summed E-state index contributed by atoms with van der Waals surface area (Å²) < 4.78 is 0. The van der Waals surface area contributed by atoms with E-state index in [1.54, 1.807) is 0 Å². The monoisotopic (exact) mass is 276 g/mol.